The van der Waals surface area contributed by atoms with Gasteiger partial charge in [0.15, 0.2) is 0 Å². The molecular formula is C35H36N6O5S. The Balaban J connectivity index is 1.23. The fourth-order valence-electron chi connectivity index (χ4n) is 5.94. The van der Waals surface area contributed by atoms with Gasteiger partial charge in [0.1, 0.15) is 27.4 Å². The molecule has 2 aromatic carbocycles. The van der Waals surface area contributed by atoms with Crippen LogP contribution in [0.25, 0.3) is 10.2 Å². The Morgan fingerprint density at radius 1 is 1.21 bits per heavy atom. The number of nitrogens with zero attached hydrogens (tertiary/aromatic N) is 4. The normalized spacial score (nSPS) is 17.6. The Kier molecular flexibility index (Phi) is 8.98. The van der Waals surface area contributed by atoms with Gasteiger partial charge in [0, 0.05) is 32.4 Å². The van der Waals surface area contributed by atoms with Crippen LogP contribution in [0.15, 0.2) is 72.4 Å². The number of aryl methyl sites for hydroxylation is 1. The van der Waals surface area contributed by atoms with Gasteiger partial charge in [0.25, 0.3) is 5.91 Å². The number of carbonyl (C=O) groups is 2. The van der Waals surface area contributed by atoms with E-state index in [2.05, 4.69) is 21.7 Å². The summed E-state index contributed by atoms with van der Waals surface area (Å²) in [6.45, 7) is 6.47. The molecule has 2 aliphatic rings. The van der Waals surface area contributed by atoms with Gasteiger partial charge in [-0.15, -0.1) is 11.3 Å². The molecule has 1 saturated heterocycles. The molecule has 0 radical (unpaired) electrons. The zero-order valence-corrected chi connectivity index (χ0v) is 27.4. The number of para-hydroxylation sites is 1. The summed E-state index contributed by atoms with van der Waals surface area (Å²) in [5.74, 6) is 1.03. The zero-order valence-electron chi connectivity index (χ0n) is 26.6. The largest absolute Gasteiger partial charge is 0.457 e. The van der Waals surface area contributed by atoms with Gasteiger partial charge in [-0.05, 0) is 81.7 Å². The number of nitriles is 1. The highest BCUT2D eigenvalue weighted by Crippen LogP contribution is 2.46. The summed E-state index contributed by atoms with van der Waals surface area (Å²) in [5, 5.41) is 27.5. The molecule has 3 N–H and O–H groups in total. The number of aliphatic hydroxyl groups is 1. The van der Waals surface area contributed by atoms with Crippen molar-refractivity contribution < 1.29 is 24.2 Å². The summed E-state index contributed by atoms with van der Waals surface area (Å²) < 4.78 is 11.4. The van der Waals surface area contributed by atoms with Crippen molar-refractivity contribution in [1.29, 1.82) is 5.26 Å². The van der Waals surface area contributed by atoms with Gasteiger partial charge < -0.3 is 25.2 Å². The highest BCUT2D eigenvalue weighted by molar-refractivity contribution is 7.21. The van der Waals surface area contributed by atoms with Crippen LogP contribution >= 0.6 is 11.3 Å². The zero-order chi connectivity index (χ0) is 33.3. The van der Waals surface area contributed by atoms with Gasteiger partial charge in [-0.2, -0.15) is 5.26 Å². The maximum absolute atomic E-state index is 13.7. The first-order valence-electron chi connectivity index (χ1n) is 15.4. The molecule has 2 aliphatic heterocycles. The van der Waals surface area contributed by atoms with Crippen molar-refractivity contribution >= 4 is 50.6 Å². The second-order valence-corrected chi connectivity index (χ2v) is 13.1. The van der Waals surface area contributed by atoms with Crippen LogP contribution in [-0.4, -0.2) is 65.0 Å². The summed E-state index contributed by atoms with van der Waals surface area (Å²) in [6, 6.07) is 18.2. The van der Waals surface area contributed by atoms with Crippen molar-refractivity contribution in [2.24, 2.45) is 0 Å². The number of aliphatic hydroxyl groups excluding tert-OH is 1. The minimum absolute atomic E-state index is 0.192. The molecule has 3 amide bonds. The number of piperidine rings is 1. The van der Waals surface area contributed by atoms with E-state index in [-0.39, 0.29) is 23.6 Å². The minimum Gasteiger partial charge on any atom is -0.457 e. The van der Waals surface area contributed by atoms with E-state index in [4.69, 9.17) is 9.47 Å². The number of aromatic nitrogens is 1. The fourth-order valence-corrected chi connectivity index (χ4v) is 6.96. The summed E-state index contributed by atoms with van der Waals surface area (Å²) in [5.41, 5.74) is 2.04. The van der Waals surface area contributed by atoms with Crippen molar-refractivity contribution in [3.05, 3.63) is 82.9 Å². The van der Waals surface area contributed by atoms with Gasteiger partial charge >= 0.3 is 6.03 Å². The second-order valence-electron chi connectivity index (χ2n) is 12.1. The van der Waals surface area contributed by atoms with Crippen molar-refractivity contribution in [2.75, 3.05) is 30.4 Å². The van der Waals surface area contributed by atoms with E-state index in [9.17, 15) is 20.0 Å². The van der Waals surface area contributed by atoms with Crippen LogP contribution in [0, 0.1) is 18.3 Å². The molecule has 242 valence electrons. The molecule has 0 aliphatic carbocycles. The van der Waals surface area contributed by atoms with E-state index in [1.165, 1.54) is 11.3 Å². The number of thiophene rings is 1. The van der Waals surface area contributed by atoms with Gasteiger partial charge in [-0.3, -0.25) is 14.6 Å². The predicted octanol–water partition coefficient (Wildman–Crippen LogP) is 6.47. The second kappa shape index (κ2) is 13.1. The first kappa shape index (κ1) is 32.2. The fraction of sp³-hybridized carbons (Fsp3) is 0.314. The number of pyridine rings is 1. The first-order chi connectivity index (χ1) is 22.6. The number of benzene rings is 2. The van der Waals surface area contributed by atoms with Crippen LogP contribution in [0.4, 0.5) is 21.9 Å². The number of carbonyl (C=O) groups excluding carboxylic acids is 2. The predicted molar refractivity (Wildman–Crippen MR) is 181 cm³/mol. The van der Waals surface area contributed by atoms with Crippen molar-refractivity contribution in [3.63, 3.8) is 0 Å². The average molecular weight is 653 g/mol. The molecule has 4 aromatic rings. The molecule has 12 heteroatoms. The highest BCUT2D eigenvalue weighted by Gasteiger charge is 2.35. The summed E-state index contributed by atoms with van der Waals surface area (Å²) >= 11 is 1.22. The third kappa shape index (κ3) is 6.57. The summed E-state index contributed by atoms with van der Waals surface area (Å²) in [4.78, 5) is 36.3. The molecule has 47 heavy (non-hydrogen) atoms. The van der Waals surface area contributed by atoms with Crippen LogP contribution in [0.2, 0.25) is 0 Å². The number of methoxy groups -OCH3 is 1. The first-order valence-corrected chi connectivity index (χ1v) is 16.2. The van der Waals surface area contributed by atoms with Gasteiger partial charge in [0.2, 0.25) is 0 Å². The Hall–Kier alpha value is -4.80. The van der Waals surface area contributed by atoms with Crippen LogP contribution in [0.5, 0.6) is 11.5 Å². The van der Waals surface area contributed by atoms with Crippen molar-refractivity contribution in [2.45, 2.75) is 51.5 Å². The van der Waals surface area contributed by atoms with Crippen LogP contribution < -0.4 is 20.3 Å². The average Bonchev–Trinajstić information content (AvgIpc) is 3.44. The van der Waals surface area contributed by atoms with Gasteiger partial charge in [-0.25, -0.2) is 9.78 Å². The summed E-state index contributed by atoms with van der Waals surface area (Å²) in [6.07, 6.45) is 3.56. The lowest BCUT2D eigenvalue weighted by Crippen LogP contribution is -2.51. The lowest BCUT2D eigenvalue weighted by molar-refractivity contribution is 0.00970. The lowest BCUT2D eigenvalue weighted by atomic mass is 10.0. The van der Waals surface area contributed by atoms with Gasteiger partial charge in [0.05, 0.1) is 39.7 Å². The van der Waals surface area contributed by atoms with Crippen LogP contribution in [-0.2, 0) is 4.74 Å². The number of anilines is 3. The number of urea groups is 1. The Bertz CT molecular complexity index is 1900. The number of rotatable bonds is 9. The van der Waals surface area contributed by atoms with E-state index in [0.717, 1.165) is 12.0 Å². The third-order valence-electron chi connectivity index (χ3n) is 8.41. The molecule has 2 aromatic heterocycles. The Labute approximate surface area is 277 Å². The molecule has 4 heterocycles. The molecule has 0 spiro atoms. The summed E-state index contributed by atoms with van der Waals surface area (Å²) in [7, 11) is 1.55. The maximum atomic E-state index is 13.7. The van der Waals surface area contributed by atoms with Gasteiger partial charge in [-0.1, -0.05) is 18.2 Å². The number of nitrogens with one attached hydrogen (secondary N) is 2. The van der Waals surface area contributed by atoms with E-state index in [0.29, 0.717) is 63.2 Å². The van der Waals surface area contributed by atoms with E-state index in [1.54, 1.807) is 35.2 Å². The molecular weight excluding hydrogens is 616 g/mol. The SMILES string of the molecule is COC(C)(C)/C=C(/C#N)C(O)N1CCC[C@@H](NC(=O)c2sc3nccc4c3c2NC(=O)N4c2ccc(Oc3ccccc3)cc2C)C1. The molecule has 0 bridgehead atoms. The Morgan fingerprint density at radius 2 is 2.00 bits per heavy atom. The number of likely N-dealkylation sites (tertiary alicyclic amines) is 1. The van der Waals surface area contributed by atoms with E-state index in [1.807, 2.05) is 69.3 Å². The Morgan fingerprint density at radius 3 is 2.72 bits per heavy atom. The molecule has 2 atom stereocenters. The number of hydrogen-bond donors (Lipinski definition) is 3. The smallest absolute Gasteiger partial charge is 0.331 e. The number of ether oxygens (including phenoxy) is 2. The third-order valence-corrected chi connectivity index (χ3v) is 9.51. The highest BCUT2D eigenvalue weighted by atomic mass is 32.1. The molecule has 6 rings (SSSR count). The van der Waals surface area contributed by atoms with E-state index >= 15 is 0 Å². The molecule has 0 saturated carbocycles. The molecule has 1 fully saturated rings. The lowest BCUT2D eigenvalue weighted by Gasteiger charge is -2.36. The molecule has 11 nitrogen and oxygen atoms in total. The number of amides is 3. The standard InChI is InChI=1S/C35H36N6O5S/c1-21-17-25(46-24-10-6-5-7-11-24)12-13-26(21)41-27-14-15-37-32-28(27)29(39-34(41)44)30(47-32)31(42)38-23-9-8-16-40(20-23)33(43)22(19-36)18-35(2,3)45-4/h5-7,10-15,17-18,23,33,43H,8-9,16,20H2,1-4H3,(H,38,42)(H,39,44)/b22-18-/t23-,33?/m1/s1. The van der Waals surface area contributed by atoms with Crippen LogP contribution in [0.3, 0.4) is 0 Å². The number of hydrogen-bond acceptors (Lipinski definition) is 9. The van der Waals surface area contributed by atoms with Crippen LogP contribution in [0.1, 0.15) is 41.9 Å². The maximum Gasteiger partial charge on any atom is 0.331 e. The monoisotopic (exact) mass is 652 g/mol. The van der Waals surface area contributed by atoms with Crippen molar-refractivity contribution in [1.82, 2.24) is 15.2 Å². The topological polar surface area (TPSA) is 140 Å². The van der Waals surface area contributed by atoms with Crippen molar-refractivity contribution in [3.8, 4) is 17.6 Å². The van der Waals surface area contributed by atoms with E-state index < -0.39 is 11.8 Å². The molecule has 1 unspecified atom stereocenters. The minimum atomic E-state index is -1.13. The quantitative estimate of drug-likeness (QED) is 0.175.